The van der Waals surface area contributed by atoms with Gasteiger partial charge in [-0.25, -0.2) is 0 Å². The van der Waals surface area contributed by atoms with Crippen LogP contribution < -0.4 is 4.90 Å². The van der Waals surface area contributed by atoms with Crippen molar-refractivity contribution >= 4 is 11.6 Å². The molecule has 1 heterocycles. The number of para-hydroxylation sites is 1. The highest BCUT2D eigenvalue weighted by atomic mass is 16.4. The molecule has 4 nitrogen and oxygen atoms in total. The Morgan fingerprint density at radius 1 is 1.00 bits per heavy atom. The normalized spacial score (nSPS) is 10.5. The van der Waals surface area contributed by atoms with Gasteiger partial charge in [0.15, 0.2) is 5.76 Å². The van der Waals surface area contributed by atoms with Crippen molar-refractivity contribution in [2.24, 2.45) is 0 Å². The minimum Gasteiger partial charge on any atom is -0.508 e. The van der Waals surface area contributed by atoms with Crippen LogP contribution in [0.5, 0.6) is 5.75 Å². The maximum Gasteiger partial charge on any atom is 0.293 e. The number of phenolic OH excluding ortho intramolecular Hbond substituents is 1. The van der Waals surface area contributed by atoms with Crippen molar-refractivity contribution in [3.63, 3.8) is 0 Å². The van der Waals surface area contributed by atoms with Crippen molar-refractivity contribution in [3.05, 3.63) is 72.0 Å². The van der Waals surface area contributed by atoms with Gasteiger partial charge in [0.2, 0.25) is 0 Å². The van der Waals surface area contributed by atoms with E-state index in [0.29, 0.717) is 5.76 Å². The van der Waals surface area contributed by atoms with Crippen molar-refractivity contribution in [2.45, 2.75) is 6.92 Å². The lowest BCUT2D eigenvalue weighted by atomic mass is 10.2. The molecule has 1 aromatic heterocycles. The predicted octanol–water partition coefficient (Wildman–Crippen LogP) is 4.24. The second kappa shape index (κ2) is 6.01. The summed E-state index contributed by atoms with van der Waals surface area (Å²) in [5, 5.41) is 9.33. The highest BCUT2D eigenvalue weighted by Crippen LogP contribution is 2.26. The number of benzene rings is 2. The SMILES string of the molecule is Cc1ccccc1N(C)C(=O)c1ccc(-c2ccc(O)cc2)o1. The Morgan fingerprint density at radius 2 is 1.70 bits per heavy atom. The zero-order valence-electron chi connectivity index (χ0n) is 13.0. The van der Waals surface area contributed by atoms with Crippen LogP contribution in [-0.2, 0) is 0 Å². The van der Waals surface area contributed by atoms with E-state index in [-0.39, 0.29) is 17.4 Å². The summed E-state index contributed by atoms with van der Waals surface area (Å²) >= 11 is 0. The first-order valence-electron chi connectivity index (χ1n) is 7.29. The fourth-order valence-electron chi connectivity index (χ4n) is 2.45. The second-order valence-electron chi connectivity index (χ2n) is 5.36. The van der Waals surface area contributed by atoms with Gasteiger partial charge in [0.1, 0.15) is 11.5 Å². The summed E-state index contributed by atoms with van der Waals surface area (Å²) in [4.78, 5) is 14.2. The van der Waals surface area contributed by atoms with Crippen LogP contribution in [0.25, 0.3) is 11.3 Å². The van der Waals surface area contributed by atoms with E-state index in [1.54, 1.807) is 48.3 Å². The third-order valence-corrected chi connectivity index (χ3v) is 3.75. The summed E-state index contributed by atoms with van der Waals surface area (Å²) in [7, 11) is 1.73. The maximum atomic E-state index is 12.6. The molecule has 4 heteroatoms. The average Bonchev–Trinajstić information content (AvgIpc) is 3.04. The van der Waals surface area contributed by atoms with Gasteiger partial charge in [-0.2, -0.15) is 0 Å². The number of aromatic hydroxyl groups is 1. The molecule has 23 heavy (non-hydrogen) atoms. The van der Waals surface area contributed by atoms with Crippen LogP contribution in [0.1, 0.15) is 16.1 Å². The van der Waals surface area contributed by atoms with Crippen molar-refractivity contribution in [2.75, 3.05) is 11.9 Å². The molecule has 2 aromatic carbocycles. The number of phenols is 1. The molecule has 0 atom stereocenters. The molecule has 116 valence electrons. The summed E-state index contributed by atoms with van der Waals surface area (Å²) in [5.41, 5.74) is 2.68. The number of nitrogens with zero attached hydrogens (tertiary/aromatic N) is 1. The number of hydrogen-bond acceptors (Lipinski definition) is 3. The van der Waals surface area contributed by atoms with Crippen LogP contribution in [0.3, 0.4) is 0 Å². The molecular formula is C19H17NO3. The van der Waals surface area contributed by atoms with Crippen LogP contribution in [-0.4, -0.2) is 18.1 Å². The third kappa shape index (κ3) is 2.97. The minimum absolute atomic E-state index is 0.191. The van der Waals surface area contributed by atoms with E-state index in [4.69, 9.17) is 4.42 Å². The summed E-state index contributed by atoms with van der Waals surface area (Å²) in [6.07, 6.45) is 0. The van der Waals surface area contributed by atoms with E-state index >= 15 is 0 Å². The number of carbonyl (C=O) groups excluding carboxylic acids is 1. The minimum atomic E-state index is -0.204. The molecule has 3 rings (SSSR count). The summed E-state index contributed by atoms with van der Waals surface area (Å²) in [6, 6.07) is 17.8. The standard InChI is InChI=1S/C19H17NO3/c1-13-5-3-4-6-16(13)20(2)19(22)18-12-11-17(23-18)14-7-9-15(21)10-8-14/h3-12,21H,1-2H3. The molecule has 0 saturated carbocycles. The zero-order valence-corrected chi connectivity index (χ0v) is 13.0. The summed E-state index contributed by atoms with van der Waals surface area (Å²) in [6.45, 7) is 1.96. The molecule has 1 N–H and O–H groups in total. The smallest absolute Gasteiger partial charge is 0.293 e. The quantitative estimate of drug-likeness (QED) is 0.787. The number of amides is 1. The monoisotopic (exact) mass is 307 g/mol. The zero-order chi connectivity index (χ0) is 16.4. The molecule has 0 spiro atoms. The van der Waals surface area contributed by atoms with Gasteiger partial charge in [0, 0.05) is 18.3 Å². The maximum absolute atomic E-state index is 12.6. The van der Waals surface area contributed by atoms with Crippen molar-refractivity contribution in [3.8, 4) is 17.1 Å². The fraction of sp³-hybridized carbons (Fsp3) is 0.105. The molecule has 3 aromatic rings. The number of rotatable bonds is 3. The summed E-state index contributed by atoms with van der Waals surface area (Å²) < 4.78 is 5.68. The first-order valence-corrected chi connectivity index (χ1v) is 7.29. The number of carbonyl (C=O) groups is 1. The van der Waals surface area contributed by atoms with Gasteiger partial charge in [-0.3, -0.25) is 4.79 Å². The van der Waals surface area contributed by atoms with Crippen LogP contribution in [0.15, 0.2) is 65.1 Å². The lowest BCUT2D eigenvalue weighted by Crippen LogP contribution is -2.26. The summed E-state index contributed by atoms with van der Waals surface area (Å²) in [5.74, 6) is 0.852. The molecule has 0 unspecified atom stereocenters. The predicted molar refractivity (Wildman–Crippen MR) is 89.7 cm³/mol. The van der Waals surface area contributed by atoms with Crippen LogP contribution >= 0.6 is 0 Å². The Labute approximate surface area is 134 Å². The van der Waals surface area contributed by atoms with E-state index in [1.165, 1.54) is 0 Å². The van der Waals surface area contributed by atoms with Gasteiger partial charge in [0.25, 0.3) is 5.91 Å². The van der Waals surface area contributed by atoms with E-state index < -0.39 is 0 Å². The van der Waals surface area contributed by atoms with Crippen LogP contribution in [0.4, 0.5) is 5.69 Å². The largest absolute Gasteiger partial charge is 0.508 e. The fourth-order valence-corrected chi connectivity index (χ4v) is 2.45. The van der Waals surface area contributed by atoms with E-state index in [1.807, 2.05) is 31.2 Å². The van der Waals surface area contributed by atoms with Gasteiger partial charge in [-0.15, -0.1) is 0 Å². The highest BCUT2D eigenvalue weighted by Gasteiger charge is 2.19. The molecule has 0 saturated heterocycles. The number of furan rings is 1. The van der Waals surface area contributed by atoms with Crippen LogP contribution in [0, 0.1) is 6.92 Å². The lowest BCUT2D eigenvalue weighted by Gasteiger charge is -2.18. The number of anilines is 1. The van der Waals surface area contributed by atoms with Gasteiger partial charge in [-0.1, -0.05) is 18.2 Å². The van der Waals surface area contributed by atoms with Gasteiger partial charge in [0.05, 0.1) is 0 Å². The Balaban J connectivity index is 1.86. The molecule has 0 aliphatic rings. The molecule has 0 bridgehead atoms. The first-order chi connectivity index (χ1) is 11.1. The van der Waals surface area contributed by atoms with Crippen LogP contribution in [0.2, 0.25) is 0 Å². The first kappa shape index (κ1) is 14.9. The van der Waals surface area contributed by atoms with Crippen molar-refractivity contribution < 1.29 is 14.3 Å². The Morgan fingerprint density at radius 3 is 2.39 bits per heavy atom. The Kier molecular flexibility index (Phi) is 3.89. The third-order valence-electron chi connectivity index (χ3n) is 3.75. The van der Waals surface area contributed by atoms with Gasteiger partial charge < -0.3 is 14.4 Å². The average molecular weight is 307 g/mol. The molecule has 0 aliphatic carbocycles. The molecule has 1 amide bonds. The molecular weight excluding hydrogens is 290 g/mol. The van der Waals surface area contributed by atoms with E-state index in [2.05, 4.69) is 0 Å². The van der Waals surface area contributed by atoms with Crippen molar-refractivity contribution in [1.29, 1.82) is 0 Å². The van der Waals surface area contributed by atoms with E-state index in [0.717, 1.165) is 16.8 Å². The number of aryl methyl sites for hydroxylation is 1. The lowest BCUT2D eigenvalue weighted by molar-refractivity contribution is 0.0967. The second-order valence-corrected chi connectivity index (χ2v) is 5.36. The van der Waals surface area contributed by atoms with Gasteiger partial charge in [-0.05, 0) is 55.0 Å². The topological polar surface area (TPSA) is 53.7 Å². The van der Waals surface area contributed by atoms with Crippen molar-refractivity contribution in [1.82, 2.24) is 0 Å². The Hall–Kier alpha value is -3.01. The van der Waals surface area contributed by atoms with Gasteiger partial charge >= 0.3 is 0 Å². The molecule has 0 radical (unpaired) electrons. The van der Waals surface area contributed by atoms with E-state index in [9.17, 15) is 9.90 Å². The molecule has 0 fully saturated rings. The number of hydrogen-bond donors (Lipinski definition) is 1. The molecule has 0 aliphatic heterocycles. The highest BCUT2D eigenvalue weighted by molar-refractivity contribution is 6.04. The Bertz CT molecular complexity index is 834.